The van der Waals surface area contributed by atoms with Crippen LogP contribution in [0.3, 0.4) is 0 Å². The van der Waals surface area contributed by atoms with E-state index in [4.69, 9.17) is 14.9 Å². The SMILES string of the molecule is C\C=C(OC(C)C)/C(C(=O)CO)=C(O)\C=C(/C)O. The monoisotopic (exact) mass is 256 g/mol. The minimum Gasteiger partial charge on any atom is -0.512 e. The maximum absolute atomic E-state index is 11.6. The van der Waals surface area contributed by atoms with Crippen molar-refractivity contribution < 1.29 is 24.9 Å². The highest BCUT2D eigenvalue weighted by Gasteiger charge is 2.20. The highest BCUT2D eigenvalue weighted by Crippen LogP contribution is 2.19. The third-order valence-corrected chi connectivity index (χ3v) is 1.90. The van der Waals surface area contributed by atoms with E-state index < -0.39 is 18.1 Å². The molecule has 0 bridgehead atoms. The lowest BCUT2D eigenvalue weighted by atomic mass is 10.1. The molecule has 0 aliphatic heterocycles. The Hall–Kier alpha value is -1.75. The number of aliphatic hydroxyl groups excluding tert-OH is 3. The number of hydrogen-bond acceptors (Lipinski definition) is 5. The quantitative estimate of drug-likeness (QED) is 0.385. The van der Waals surface area contributed by atoms with E-state index in [0.29, 0.717) is 0 Å². The Balaban J connectivity index is 5.63. The molecule has 5 heteroatoms. The average molecular weight is 256 g/mol. The molecule has 0 fully saturated rings. The van der Waals surface area contributed by atoms with E-state index in [1.165, 1.54) is 13.0 Å². The van der Waals surface area contributed by atoms with E-state index >= 15 is 0 Å². The lowest BCUT2D eigenvalue weighted by Gasteiger charge is -2.16. The average Bonchev–Trinajstić information content (AvgIpc) is 2.26. The number of allylic oxidation sites excluding steroid dienone is 4. The Bertz CT molecular complexity index is 384. The molecule has 3 N–H and O–H groups in total. The van der Waals surface area contributed by atoms with E-state index in [-0.39, 0.29) is 23.2 Å². The van der Waals surface area contributed by atoms with E-state index in [1.807, 2.05) is 0 Å². The van der Waals surface area contributed by atoms with Gasteiger partial charge in [-0.2, -0.15) is 0 Å². The normalized spacial score (nSPS) is 14.6. The number of ketones is 1. The minimum absolute atomic E-state index is 0.151. The van der Waals surface area contributed by atoms with Crippen LogP contribution in [0.4, 0.5) is 0 Å². The largest absolute Gasteiger partial charge is 0.512 e. The first-order valence-corrected chi connectivity index (χ1v) is 5.61. The van der Waals surface area contributed by atoms with Gasteiger partial charge in [0.15, 0.2) is 5.78 Å². The smallest absolute Gasteiger partial charge is 0.195 e. The molecule has 0 aromatic carbocycles. The minimum atomic E-state index is -0.753. The highest BCUT2D eigenvalue weighted by atomic mass is 16.5. The van der Waals surface area contributed by atoms with Crippen molar-refractivity contribution in [2.75, 3.05) is 6.61 Å². The number of carbonyl (C=O) groups excluding carboxylic acids is 1. The second-order valence-electron chi connectivity index (χ2n) is 3.95. The summed E-state index contributed by atoms with van der Waals surface area (Å²) in [5.74, 6) is -1.11. The van der Waals surface area contributed by atoms with Crippen LogP contribution in [0, 0.1) is 0 Å². The van der Waals surface area contributed by atoms with Crippen molar-refractivity contribution in [2.24, 2.45) is 0 Å². The molecule has 0 saturated carbocycles. The molecule has 0 unspecified atom stereocenters. The van der Waals surface area contributed by atoms with Gasteiger partial charge in [-0.05, 0) is 33.8 Å². The van der Waals surface area contributed by atoms with Gasteiger partial charge in [-0.25, -0.2) is 0 Å². The zero-order valence-corrected chi connectivity index (χ0v) is 11.1. The summed E-state index contributed by atoms with van der Waals surface area (Å²) >= 11 is 0. The van der Waals surface area contributed by atoms with Crippen LogP contribution in [0.1, 0.15) is 27.7 Å². The van der Waals surface area contributed by atoms with Gasteiger partial charge in [0.2, 0.25) is 0 Å². The second kappa shape index (κ2) is 7.55. The predicted octanol–water partition coefficient (Wildman–Crippen LogP) is 2.15. The summed E-state index contributed by atoms with van der Waals surface area (Å²) in [6, 6.07) is 0. The molecular formula is C13H20O5. The Morgan fingerprint density at radius 2 is 1.89 bits per heavy atom. The molecule has 0 rings (SSSR count). The summed E-state index contributed by atoms with van der Waals surface area (Å²) in [5, 5.41) is 27.8. The van der Waals surface area contributed by atoms with Gasteiger partial charge in [-0.3, -0.25) is 4.79 Å². The molecule has 0 aromatic heterocycles. The van der Waals surface area contributed by atoms with Crippen LogP contribution in [-0.2, 0) is 9.53 Å². The second-order valence-corrected chi connectivity index (χ2v) is 3.95. The Morgan fingerprint density at radius 3 is 2.22 bits per heavy atom. The molecule has 0 atom stereocenters. The Kier molecular flexibility index (Phi) is 6.82. The van der Waals surface area contributed by atoms with Gasteiger partial charge in [0.25, 0.3) is 0 Å². The zero-order chi connectivity index (χ0) is 14.3. The highest BCUT2D eigenvalue weighted by molar-refractivity contribution is 6.00. The Morgan fingerprint density at radius 1 is 1.33 bits per heavy atom. The number of carbonyl (C=O) groups is 1. The van der Waals surface area contributed by atoms with Crippen LogP contribution in [0.5, 0.6) is 0 Å². The van der Waals surface area contributed by atoms with Crippen LogP contribution in [0.25, 0.3) is 0 Å². The van der Waals surface area contributed by atoms with Crippen LogP contribution in [0.2, 0.25) is 0 Å². The van der Waals surface area contributed by atoms with Crippen molar-refractivity contribution in [1.29, 1.82) is 0 Å². The fraction of sp³-hybridized carbons (Fsp3) is 0.462. The van der Waals surface area contributed by atoms with Gasteiger partial charge in [0.05, 0.1) is 11.9 Å². The molecule has 102 valence electrons. The summed E-state index contributed by atoms with van der Waals surface area (Å²) in [6.07, 6.45) is 2.35. The first kappa shape index (κ1) is 16.2. The maximum Gasteiger partial charge on any atom is 0.195 e. The molecule has 0 heterocycles. The number of aliphatic hydroxyl groups is 3. The third-order valence-electron chi connectivity index (χ3n) is 1.90. The lowest BCUT2D eigenvalue weighted by Crippen LogP contribution is -2.16. The number of ether oxygens (including phenoxy) is 1. The lowest BCUT2D eigenvalue weighted by molar-refractivity contribution is -0.118. The van der Waals surface area contributed by atoms with Crippen LogP contribution in [0.15, 0.2) is 35.0 Å². The van der Waals surface area contributed by atoms with Crippen molar-refractivity contribution in [2.45, 2.75) is 33.8 Å². The maximum atomic E-state index is 11.6. The standard InChI is InChI=1S/C13H20O5/c1-5-12(18-8(2)3)13(11(17)7-14)10(16)6-9(4)15/h5-6,8,14-16H,7H2,1-4H3/b9-6+,12-5+,13-10+. The fourth-order valence-corrected chi connectivity index (χ4v) is 1.28. The van der Waals surface area contributed by atoms with E-state index in [9.17, 15) is 9.90 Å². The van der Waals surface area contributed by atoms with Crippen molar-refractivity contribution in [1.82, 2.24) is 0 Å². The summed E-state index contributed by atoms with van der Waals surface area (Å²) in [4.78, 5) is 11.6. The van der Waals surface area contributed by atoms with Crippen molar-refractivity contribution >= 4 is 5.78 Å². The first-order chi connectivity index (χ1) is 8.33. The zero-order valence-electron chi connectivity index (χ0n) is 11.1. The first-order valence-electron chi connectivity index (χ1n) is 5.61. The fourth-order valence-electron chi connectivity index (χ4n) is 1.28. The molecule has 0 amide bonds. The van der Waals surface area contributed by atoms with Crippen molar-refractivity contribution in [3.63, 3.8) is 0 Å². The van der Waals surface area contributed by atoms with E-state index in [2.05, 4.69) is 0 Å². The topological polar surface area (TPSA) is 87.0 Å². The molecule has 0 aromatic rings. The number of Topliss-reactive ketones (excluding diaryl/α,β-unsaturated/α-hetero) is 1. The van der Waals surface area contributed by atoms with Crippen molar-refractivity contribution in [3.8, 4) is 0 Å². The van der Waals surface area contributed by atoms with Gasteiger partial charge in [-0.15, -0.1) is 0 Å². The molecular weight excluding hydrogens is 236 g/mol. The summed E-state index contributed by atoms with van der Waals surface area (Å²) in [7, 11) is 0. The molecule has 0 radical (unpaired) electrons. The van der Waals surface area contributed by atoms with Crippen LogP contribution < -0.4 is 0 Å². The molecule has 0 aliphatic rings. The van der Waals surface area contributed by atoms with E-state index in [1.54, 1.807) is 20.8 Å². The number of hydrogen-bond donors (Lipinski definition) is 3. The molecule has 0 saturated heterocycles. The Labute approximate surface area is 107 Å². The molecule has 18 heavy (non-hydrogen) atoms. The molecule has 0 aliphatic carbocycles. The van der Waals surface area contributed by atoms with Gasteiger partial charge in [0, 0.05) is 6.08 Å². The van der Waals surface area contributed by atoms with Gasteiger partial charge in [0.1, 0.15) is 23.7 Å². The van der Waals surface area contributed by atoms with Crippen LogP contribution >= 0.6 is 0 Å². The summed E-state index contributed by atoms with van der Waals surface area (Å²) < 4.78 is 5.39. The predicted molar refractivity (Wildman–Crippen MR) is 68.1 cm³/mol. The van der Waals surface area contributed by atoms with Gasteiger partial charge >= 0.3 is 0 Å². The molecule has 5 nitrogen and oxygen atoms in total. The van der Waals surface area contributed by atoms with Gasteiger partial charge in [-0.1, -0.05) is 0 Å². The molecule has 0 spiro atoms. The van der Waals surface area contributed by atoms with E-state index in [0.717, 1.165) is 6.08 Å². The summed E-state index contributed by atoms with van der Waals surface area (Å²) in [5.41, 5.74) is -0.151. The van der Waals surface area contributed by atoms with Crippen molar-refractivity contribution in [3.05, 3.63) is 35.0 Å². The third kappa shape index (κ3) is 5.05. The summed E-state index contributed by atoms with van der Waals surface area (Å²) in [6.45, 7) is 5.79. The van der Waals surface area contributed by atoms with Crippen LogP contribution in [-0.4, -0.2) is 33.8 Å². The van der Waals surface area contributed by atoms with Gasteiger partial charge < -0.3 is 20.1 Å². The number of rotatable bonds is 6.